The van der Waals surface area contributed by atoms with Gasteiger partial charge in [0.1, 0.15) is 66.5 Å². The molecule has 12 atom stereocenters. The minimum Gasteiger partial charge on any atom is -0.465 e. The number of thioether (sulfide) groups is 1. The molecule has 0 spiro atoms. The second kappa shape index (κ2) is 46.9. The van der Waals surface area contributed by atoms with Crippen molar-refractivity contribution in [1.82, 2.24) is 60.9 Å². The Kier molecular flexibility index (Phi) is 41.9. The number of esters is 1. The molecule has 1 aromatic rings. The van der Waals surface area contributed by atoms with E-state index in [1.807, 2.05) is 62.3 Å². The first kappa shape index (κ1) is 95.7. The minimum atomic E-state index is -1.25. The van der Waals surface area contributed by atoms with Gasteiger partial charge in [-0.15, -0.1) is 0 Å². The van der Waals surface area contributed by atoms with Gasteiger partial charge >= 0.3 is 5.97 Å². The van der Waals surface area contributed by atoms with Gasteiger partial charge in [-0.25, -0.2) is 4.79 Å². The number of amides is 12. The van der Waals surface area contributed by atoms with Gasteiger partial charge in [-0.1, -0.05) is 123 Å². The van der Waals surface area contributed by atoms with Crippen LogP contribution in [-0.2, 0) is 57.5 Å². The fraction of sp³-hybridized carbons (Fsp3) is 0.759. The van der Waals surface area contributed by atoms with E-state index in [2.05, 4.69) is 26.6 Å². The zero-order valence-electron chi connectivity index (χ0n) is 69.1. The van der Waals surface area contributed by atoms with E-state index in [1.165, 1.54) is 128 Å². The third kappa shape index (κ3) is 29.5. The van der Waals surface area contributed by atoms with E-state index in [0.29, 0.717) is 55.5 Å². The molecule has 0 radical (unpaired) electrons. The van der Waals surface area contributed by atoms with Gasteiger partial charge in [-0.3, -0.25) is 57.5 Å². The molecular formula is C79H136N12O15S. The second-order valence-corrected chi connectivity index (χ2v) is 33.0. The van der Waals surface area contributed by atoms with Crippen molar-refractivity contribution < 1.29 is 72.2 Å². The van der Waals surface area contributed by atoms with Crippen LogP contribution in [0, 0.1) is 41.4 Å². The number of carbonyl (C=O) groups excluding carboxylic acids is 13. The smallest absolute Gasteiger partial charge is 0.337 e. The number of carbonyl (C=O) groups is 13. The highest BCUT2D eigenvalue weighted by atomic mass is 32.2. The van der Waals surface area contributed by atoms with Gasteiger partial charge in [-0.2, -0.15) is 11.8 Å². The Hall–Kier alpha value is -7.36. The zero-order valence-corrected chi connectivity index (χ0v) is 69.9. The molecule has 0 saturated carbocycles. The molecule has 0 unspecified atom stereocenters. The predicted octanol–water partition coefficient (Wildman–Crippen LogP) is 6.76. The van der Waals surface area contributed by atoms with E-state index in [-0.39, 0.29) is 86.4 Å². The lowest BCUT2D eigenvalue weighted by Gasteiger charge is -2.41. The topological polar surface area (TPSA) is 334 Å². The van der Waals surface area contributed by atoms with Crippen LogP contribution >= 0.6 is 11.8 Å². The fourth-order valence-electron chi connectivity index (χ4n) is 13.4. The van der Waals surface area contributed by atoms with Crippen LogP contribution in [0.1, 0.15) is 221 Å². The highest BCUT2D eigenvalue weighted by molar-refractivity contribution is 7.99. The van der Waals surface area contributed by atoms with Gasteiger partial charge in [0.2, 0.25) is 65.0 Å². The molecule has 2 rings (SSSR count). The van der Waals surface area contributed by atoms with Crippen molar-refractivity contribution in [3.05, 3.63) is 35.4 Å². The summed E-state index contributed by atoms with van der Waals surface area (Å²) in [5.41, 5.74) is 0.717. The molecule has 1 aliphatic heterocycles. The standard InChI is InChI=1S/C79H136N12O15S/c1-25-58-73(99)90(22)64(46-107-41-31-30-40-92)76(102)86(18)60(42-48(4)5)71(97)84-65(51(10)11)77(103)85(17)59(38-33-47(2)3)69(95)81-54(15)67(93)82-55(16)72(98)88(20)62(43-49(6)7)74(100)89(21)63(44-50(8)9)75(101)91(23)66(52(12)13)78(104)87(19)61(70(96)83-58)45-53(14)32-28-26-27-29-39-80-68(94)56-34-36-57(37-35-56)79(105)106-24/h34-37,47-55,58-66,92H,25-33,38-46H2,1-24H3,(H,80,94)(H,81,95)(H,82,93)(H,83,96)(H,84,97)/t53-,54-,55+,58+,59-,60+,61+,62+,63+,64-,65-,66+/m1/s1. The number of ether oxygens (including phenoxy) is 1. The molecule has 1 aliphatic rings. The summed E-state index contributed by atoms with van der Waals surface area (Å²) in [5, 5.41) is 24.0. The van der Waals surface area contributed by atoms with Gasteiger partial charge in [0.25, 0.3) is 5.91 Å². The molecule has 28 heteroatoms. The third-order valence-corrected chi connectivity index (χ3v) is 21.3. The lowest BCUT2D eigenvalue weighted by molar-refractivity contribution is -0.156. The van der Waals surface area contributed by atoms with Crippen LogP contribution < -0.4 is 26.6 Å². The lowest BCUT2D eigenvalue weighted by atomic mass is 9.92. The monoisotopic (exact) mass is 1520 g/mol. The molecule has 1 aromatic carbocycles. The first-order valence-electron chi connectivity index (χ1n) is 38.8. The van der Waals surface area contributed by atoms with E-state index in [1.54, 1.807) is 46.8 Å². The highest BCUT2D eigenvalue weighted by Gasteiger charge is 2.45. The number of nitrogens with zero attached hydrogens (tertiary/aromatic N) is 7. The normalized spacial score (nSPS) is 24.0. The molecule has 6 N–H and O–H groups in total. The van der Waals surface area contributed by atoms with Gasteiger partial charge in [-0.05, 0) is 149 Å². The molecule has 0 aromatic heterocycles. The fourth-order valence-corrected chi connectivity index (χ4v) is 14.5. The summed E-state index contributed by atoms with van der Waals surface area (Å²) >= 11 is 1.37. The van der Waals surface area contributed by atoms with E-state index in [0.717, 1.165) is 19.3 Å². The van der Waals surface area contributed by atoms with E-state index < -0.39 is 149 Å². The molecule has 1 heterocycles. The van der Waals surface area contributed by atoms with Crippen molar-refractivity contribution in [2.75, 3.05) is 81.1 Å². The molecule has 0 bridgehead atoms. The van der Waals surface area contributed by atoms with Gasteiger partial charge in [0, 0.05) is 73.8 Å². The first-order valence-corrected chi connectivity index (χ1v) is 39.9. The lowest BCUT2D eigenvalue weighted by Crippen LogP contribution is -2.62. The quantitative estimate of drug-likeness (QED) is 0.0356. The number of likely N-dealkylation sites (N-methyl/N-ethyl adjacent to an activating group) is 7. The number of hydrogen-bond acceptors (Lipinski definition) is 16. The van der Waals surface area contributed by atoms with Crippen molar-refractivity contribution in [3.8, 4) is 0 Å². The van der Waals surface area contributed by atoms with E-state index in [9.17, 15) is 33.9 Å². The summed E-state index contributed by atoms with van der Waals surface area (Å²) in [6.07, 6.45) is 5.85. The summed E-state index contributed by atoms with van der Waals surface area (Å²) in [5.74, 6) is -8.98. The average Bonchev–Trinajstić information content (AvgIpc) is 0.810. The van der Waals surface area contributed by atoms with Crippen molar-refractivity contribution in [3.63, 3.8) is 0 Å². The Morgan fingerprint density at radius 3 is 1.45 bits per heavy atom. The molecular weight excluding hydrogens is 1390 g/mol. The number of methoxy groups -OCH3 is 1. The molecule has 608 valence electrons. The number of rotatable bonds is 29. The maximum Gasteiger partial charge on any atom is 0.337 e. The van der Waals surface area contributed by atoms with Crippen LogP contribution in [0.2, 0.25) is 0 Å². The number of aliphatic hydroxyl groups is 1. The van der Waals surface area contributed by atoms with Crippen LogP contribution in [0.25, 0.3) is 0 Å². The number of aliphatic hydroxyl groups excluding tert-OH is 1. The third-order valence-electron chi connectivity index (χ3n) is 20.2. The van der Waals surface area contributed by atoms with Crippen molar-refractivity contribution in [2.45, 2.75) is 267 Å². The Morgan fingerprint density at radius 1 is 0.467 bits per heavy atom. The zero-order chi connectivity index (χ0) is 81.6. The molecule has 12 amide bonds. The minimum absolute atomic E-state index is 0.0409. The molecule has 1 saturated heterocycles. The van der Waals surface area contributed by atoms with E-state index >= 15 is 33.6 Å². The number of benzene rings is 1. The highest BCUT2D eigenvalue weighted by Crippen LogP contribution is 2.27. The number of nitrogens with one attached hydrogen (secondary N) is 5. The second-order valence-electron chi connectivity index (χ2n) is 31.8. The van der Waals surface area contributed by atoms with Crippen LogP contribution in [0.5, 0.6) is 0 Å². The Labute approximate surface area is 643 Å². The van der Waals surface area contributed by atoms with Gasteiger partial charge in [0.15, 0.2) is 0 Å². The number of unbranched alkanes of at least 4 members (excludes halogenated alkanes) is 4. The van der Waals surface area contributed by atoms with E-state index in [4.69, 9.17) is 4.74 Å². The summed E-state index contributed by atoms with van der Waals surface area (Å²) in [6, 6.07) is -7.11. The molecule has 1 fully saturated rings. The van der Waals surface area contributed by atoms with Gasteiger partial charge in [0.05, 0.1) is 12.7 Å². The van der Waals surface area contributed by atoms with Crippen LogP contribution in [0.4, 0.5) is 0 Å². The maximum atomic E-state index is 15.6. The Morgan fingerprint density at radius 2 is 0.925 bits per heavy atom. The van der Waals surface area contributed by atoms with Crippen molar-refractivity contribution >= 4 is 88.6 Å². The molecule has 0 aliphatic carbocycles. The largest absolute Gasteiger partial charge is 0.465 e. The Balaban J connectivity index is 2.99. The summed E-state index contributed by atoms with van der Waals surface area (Å²) < 4.78 is 4.76. The van der Waals surface area contributed by atoms with Crippen LogP contribution in [0.15, 0.2) is 24.3 Å². The summed E-state index contributed by atoms with van der Waals surface area (Å²) in [6.45, 7) is 29.2. The average molecular weight is 1530 g/mol. The molecule has 107 heavy (non-hydrogen) atoms. The maximum absolute atomic E-state index is 15.6. The summed E-state index contributed by atoms with van der Waals surface area (Å²) in [4.78, 5) is 199. The SMILES string of the molecule is CC[C@@H]1NC(=O)[C@H](C[C@H](C)CCCCCCNC(=O)c2ccc(C(=O)OC)cc2)N(C)C(=O)[C@H](C(C)C)N(C)C(=O)[C@H](CC(C)C)N(C)C(=O)[C@H](CC(C)C)N(C)C(=O)[C@H](C)NC(=O)[C@@H](C)NC(=O)[C@@H](CCC(C)C)N(C)C(=O)[C@@H](C(C)C)NC(=O)[C@H](CC(C)C)N(C)C(=O)[C@@H](CSCCCCO)N(C)C1=O. The van der Waals surface area contributed by atoms with Crippen LogP contribution in [-0.4, -0.2) is 264 Å². The predicted molar refractivity (Wildman–Crippen MR) is 418 cm³/mol. The van der Waals surface area contributed by atoms with Crippen molar-refractivity contribution in [1.29, 1.82) is 0 Å². The summed E-state index contributed by atoms with van der Waals surface area (Å²) in [7, 11) is 11.6. The molecule has 27 nitrogen and oxygen atoms in total. The van der Waals surface area contributed by atoms with Crippen molar-refractivity contribution in [2.24, 2.45) is 41.4 Å². The first-order chi connectivity index (χ1) is 50.0. The Bertz CT molecular complexity index is 3080. The van der Waals surface area contributed by atoms with Gasteiger partial charge < -0.3 is 70.7 Å². The number of hydrogen-bond donors (Lipinski definition) is 6. The van der Waals surface area contributed by atoms with Crippen LogP contribution in [0.3, 0.4) is 0 Å².